The summed E-state index contributed by atoms with van der Waals surface area (Å²) in [6.45, 7) is 1.79. The van der Waals surface area contributed by atoms with Crippen molar-refractivity contribution in [3.8, 4) is 0 Å². The van der Waals surface area contributed by atoms with E-state index in [-0.39, 0.29) is 5.38 Å². The number of aromatic nitrogens is 2. The molecule has 1 N–H and O–H groups in total. The maximum absolute atomic E-state index is 5.89. The first-order valence-electron chi connectivity index (χ1n) is 5.96. The first kappa shape index (κ1) is 12.0. The third-order valence-electron chi connectivity index (χ3n) is 2.81. The zero-order valence-corrected chi connectivity index (χ0v) is 11.1. The third kappa shape index (κ3) is 2.39. The van der Waals surface area contributed by atoms with E-state index >= 15 is 0 Å². The molecule has 96 valence electrons. The fourth-order valence-corrected chi connectivity index (χ4v) is 1.98. The molecule has 5 heteroatoms. The lowest BCUT2D eigenvalue weighted by Gasteiger charge is -2.05. The number of nitrogens with zero attached hydrogens (tertiary/aromatic N) is 2. The number of nitrogens with one attached hydrogen (secondary N) is 1. The molecule has 1 heterocycles. The maximum atomic E-state index is 5.89. The fourth-order valence-electron chi connectivity index (χ4n) is 1.90. The number of halogens is 1. The van der Waals surface area contributed by atoms with Crippen molar-refractivity contribution in [2.75, 3.05) is 5.32 Å². The number of hydrogen-bond acceptors (Lipinski definition) is 4. The molecule has 19 heavy (non-hydrogen) atoms. The largest absolute Gasteiger partial charge is 0.406 e. The lowest BCUT2D eigenvalue weighted by atomic mass is 10.1. The normalized spacial score (nSPS) is 12.5. The average Bonchev–Trinajstić information content (AvgIpc) is 2.88. The molecule has 0 aliphatic heterocycles. The minimum absolute atomic E-state index is 0.296. The summed E-state index contributed by atoms with van der Waals surface area (Å²) in [6, 6.07) is 14.4. The lowest BCUT2D eigenvalue weighted by Crippen LogP contribution is -1.91. The van der Waals surface area contributed by atoms with Crippen LogP contribution in [0, 0.1) is 0 Å². The van der Waals surface area contributed by atoms with E-state index in [1.165, 1.54) is 0 Å². The van der Waals surface area contributed by atoms with Crippen molar-refractivity contribution in [1.82, 2.24) is 10.2 Å². The molecule has 0 radical (unpaired) electrons. The molecule has 0 spiro atoms. The van der Waals surface area contributed by atoms with Crippen LogP contribution in [0.2, 0.25) is 0 Å². The highest BCUT2D eigenvalue weighted by Gasteiger charge is 2.11. The van der Waals surface area contributed by atoms with Crippen molar-refractivity contribution >= 4 is 34.1 Å². The molecule has 0 saturated carbocycles. The second-order valence-corrected chi connectivity index (χ2v) is 4.87. The summed E-state index contributed by atoms with van der Waals surface area (Å²) in [6.07, 6.45) is 0. The number of anilines is 2. The van der Waals surface area contributed by atoms with Gasteiger partial charge in [-0.25, -0.2) is 0 Å². The number of fused-ring (bicyclic) bond motifs is 1. The predicted molar refractivity (Wildman–Crippen MR) is 75.8 cm³/mol. The second kappa shape index (κ2) is 4.90. The number of alkyl halides is 1. The molecule has 0 aliphatic carbocycles. The molecule has 1 atom stereocenters. The van der Waals surface area contributed by atoms with E-state index in [1.54, 1.807) is 6.92 Å². The minimum atomic E-state index is -0.296. The highest BCUT2D eigenvalue weighted by atomic mass is 35.5. The van der Waals surface area contributed by atoms with Crippen LogP contribution in [0.4, 0.5) is 11.7 Å². The van der Waals surface area contributed by atoms with Gasteiger partial charge in [0.2, 0.25) is 5.89 Å². The molecule has 0 amide bonds. The molecular formula is C14H12ClN3O. The molecule has 0 bridgehead atoms. The minimum Gasteiger partial charge on any atom is -0.406 e. The molecule has 3 aromatic rings. The van der Waals surface area contributed by atoms with Crippen LogP contribution in [-0.2, 0) is 0 Å². The van der Waals surface area contributed by atoms with Gasteiger partial charge in [-0.1, -0.05) is 41.5 Å². The van der Waals surface area contributed by atoms with Crippen molar-refractivity contribution in [2.45, 2.75) is 12.3 Å². The number of rotatable bonds is 3. The molecule has 1 aromatic heterocycles. The zero-order chi connectivity index (χ0) is 13.2. The Kier molecular flexibility index (Phi) is 3.09. The average molecular weight is 274 g/mol. The molecule has 4 nitrogen and oxygen atoms in total. The quantitative estimate of drug-likeness (QED) is 0.724. The maximum Gasteiger partial charge on any atom is 0.320 e. The van der Waals surface area contributed by atoms with Crippen molar-refractivity contribution in [3.63, 3.8) is 0 Å². The van der Waals surface area contributed by atoms with Gasteiger partial charge in [0.1, 0.15) is 5.38 Å². The van der Waals surface area contributed by atoms with Gasteiger partial charge in [0.15, 0.2) is 0 Å². The van der Waals surface area contributed by atoms with Gasteiger partial charge in [-0.2, -0.15) is 0 Å². The van der Waals surface area contributed by atoms with Crippen LogP contribution in [0.5, 0.6) is 0 Å². The van der Waals surface area contributed by atoms with Crippen LogP contribution < -0.4 is 5.32 Å². The first-order chi connectivity index (χ1) is 9.24. The van der Waals surface area contributed by atoms with Crippen LogP contribution in [0.15, 0.2) is 46.9 Å². The van der Waals surface area contributed by atoms with Crippen molar-refractivity contribution in [1.29, 1.82) is 0 Å². The Morgan fingerprint density at radius 1 is 1.11 bits per heavy atom. The summed E-state index contributed by atoms with van der Waals surface area (Å²) < 4.78 is 5.43. The van der Waals surface area contributed by atoms with Crippen molar-refractivity contribution in [2.24, 2.45) is 0 Å². The monoisotopic (exact) mass is 273 g/mol. The van der Waals surface area contributed by atoms with Crippen LogP contribution in [0.3, 0.4) is 0 Å². The summed E-state index contributed by atoms with van der Waals surface area (Å²) in [5.74, 6) is 0.407. The van der Waals surface area contributed by atoms with E-state index in [9.17, 15) is 0 Å². The first-order valence-corrected chi connectivity index (χ1v) is 6.40. The van der Waals surface area contributed by atoms with E-state index in [0.29, 0.717) is 11.9 Å². The molecule has 0 fully saturated rings. The molecule has 1 unspecified atom stereocenters. The van der Waals surface area contributed by atoms with E-state index in [2.05, 4.69) is 27.6 Å². The Hall–Kier alpha value is -2.07. The Bertz CT molecular complexity index is 703. The molecular weight excluding hydrogens is 262 g/mol. The van der Waals surface area contributed by atoms with Crippen LogP contribution >= 0.6 is 11.6 Å². The van der Waals surface area contributed by atoms with Gasteiger partial charge < -0.3 is 9.73 Å². The standard InChI is InChI=1S/C14H12ClN3O/c1-9(15)13-17-18-14(19-13)16-12-8-4-6-10-5-2-3-7-11(10)12/h2-9H,1H3,(H,16,18). The SMILES string of the molecule is CC(Cl)c1nnc(Nc2cccc3ccccc23)o1. The van der Waals surface area contributed by atoms with Gasteiger partial charge in [0.05, 0.1) is 5.69 Å². The summed E-state index contributed by atoms with van der Waals surface area (Å²) in [5, 5.41) is 12.9. The predicted octanol–water partition coefficient (Wildman–Crippen LogP) is 4.27. The fraction of sp³-hybridized carbons (Fsp3) is 0.143. The van der Waals surface area contributed by atoms with Crippen LogP contribution in [0.25, 0.3) is 10.8 Å². The molecule has 0 saturated heterocycles. The number of benzene rings is 2. The third-order valence-corrected chi connectivity index (χ3v) is 3.00. The summed E-state index contributed by atoms with van der Waals surface area (Å²) in [7, 11) is 0. The van der Waals surface area contributed by atoms with Crippen LogP contribution in [-0.4, -0.2) is 10.2 Å². The Labute approximate surface area is 115 Å². The van der Waals surface area contributed by atoms with E-state index in [4.69, 9.17) is 16.0 Å². The Balaban J connectivity index is 1.96. The van der Waals surface area contributed by atoms with Crippen molar-refractivity contribution < 1.29 is 4.42 Å². The Morgan fingerprint density at radius 3 is 2.68 bits per heavy atom. The van der Waals surface area contributed by atoms with Gasteiger partial charge in [-0.3, -0.25) is 0 Å². The topological polar surface area (TPSA) is 51.0 Å². The van der Waals surface area contributed by atoms with Gasteiger partial charge in [-0.05, 0) is 18.4 Å². The Morgan fingerprint density at radius 2 is 1.89 bits per heavy atom. The van der Waals surface area contributed by atoms with Gasteiger partial charge in [0.25, 0.3) is 0 Å². The van der Waals surface area contributed by atoms with E-state index in [0.717, 1.165) is 16.5 Å². The summed E-state index contributed by atoms with van der Waals surface area (Å²) in [4.78, 5) is 0. The van der Waals surface area contributed by atoms with Crippen molar-refractivity contribution in [3.05, 3.63) is 48.4 Å². The van der Waals surface area contributed by atoms with Gasteiger partial charge in [0, 0.05) is 5.39 Å². The smallest absolute Gasteiger partial charge is 0.320 e. The highest BCUT2D eigenvalue weighted by molar-refractivity contribution is 6.20. The van der Waals surface area contributed by atoms with E-state index < -0.39 is 0 Å². The zero-order valence-electron chi connectivity index (χ0n) is 10.3. The number of hydrogen-bond donors (Lipinski definition) is 1. The lowest BCUT2D eigenvalue weighted by molar-refractivity contribution is 0.510. The second-order valence-electron chi connectivity index (χ2n) is 4.21. The molecule has 2 aromatic carbocycles. The van der Waals surface area contributed by atoms with E-state index in [1.807, 2.05) is 30.3 Å². The summed E-state index contributed by atoms with van der Waals surface area (Å²) >= 11 is 5.89. The molecule has 3 rings (SSSR count). The van der Waals surface area contributed by atoms with Gasteiger partial charge >= 0.3 is 6.01 Å². The summed E-state index contributed by atoms with van der Waals surface area (Å²) in [5.41, 5.74) is 0.926. The molecule has 0 aliphatic rings. The van der Waals surface area contributed by atoms with Gasteiger partial charge in [-0.15, -0.1) is 16.7 Å². The van der Waals surface area contributed by atoms with Crippen LogP contribution in [0.1, 0.15) is 18.2 Å². The highest BCUT2D eigenvalue weighted by Crippen LogP contribution is 2.27.